The summed E-state index contributed by atoms with van der Waals surface area (Å²) in [6.07, 6.45) is 1.95. The summed E-state index contributed by atoms with van der Waals surface area (Å²) in [5.74, 6) is -2.07. The van der Waals surface area contributed by atoms with Crippen LogP contribution in [0.5, 0.6) is 0 Å². The van der Waals surface area contributed by atoms with Crippen LogP contribution < -0.4 is 4.90 Å². The number of ether oxygens (including phenoxy) is 2. The number of rotatable bonds is 7. The average Bonchev–Trinajstić information content (AvgIpc) is 3.32. The van der Waals surface area contributed by atoms with Gasteiger partial charge in [-0.15, -0.1) is 0 Å². The molecule has 0 atom stereocenters. The molecule has 1 saturated heterocycles. The zero-order valence-corrected chi connectivity index (χ0v) is 22.6. The van der Waals surface area contributed by atoms with E-state index in [1.807, 2.05) is 26.0 Å². The molecule has 1 fully saturated rings. The van der Waals surface area contributed by atoms with Gasteiger partial charge < -0.3 is 14.4 Å². The standard InChI is InChI=1S/C30H32F2N4O3/c1-5-39-30(37)26-17-25(19-6-8-22(9-7-19)35(4)23-10-12-38-13-11-23)27-28(18(2)3)34-36(29(27)33-26)24-15-20(31)14-21(32)16-24/h6-9,14-18,23H,5,10-13H2,1-4H3. The van der Waals surface area contributed by atoms with Gasteiger partial charge in [0.25, 0.3) is 0 Å². The summed E-state index contributed by atoms with van der Waals surface area (Å²) in [6.45, 7) is 7.42. The van der Waals surface area contributed by atoms with Gasteiger partial charge in [0.05, 0.1) is 23.4 Å². The average molecular weight is 535 g/mol. The fraction of sp³-hybridized carbons (Fsp3) is 0.367. The number of hydrogen-bond donors (Lipinski definition) is 0. The van der Waals surface area contributed by atoms with Gasteiger partial charge in [-0.1, -0.05) is 26.0 Å². The van der Waals surface area contributed by atoms with Crippen molar-refractivity contribution in [3.05, 3.63) is 71.6 Å². The molecule has 3 heterocycles. The molecule has 5 rings (SSSR count). The molecule has 0 aliphatic carbocycles. The van der Waals surface area contributed by atoms with Crippen LogP contribution in [0.25, 0.3) is 27.8 Å². The van der Waals surface area contributed by atoms with Gasteiger partial charge in [-0.3, -0.25) is 0 Å². The number of pyridine rings is 1. The number of carbonyl (C=O) groups excluding carboxylic acids is 1. The van der Waals surface area contributed by atoms with Crippen molar-refractivity contribution in [3.63, 3.8) is 0 Å². The fourth-order valence-corrected chi connectivity index (χ4v) is 5.08. The third-order valence-electron chi connectivity index (χ3n) is 7.11. The molecule has 39 heavy (non-hydrogen) atoms. The lowest BCUT2D eigenvalue weighted by Crippen LogP contribution is -2.36. The van der Waals surface area contributed by atoms with Crippen molar-refractivity contribution in [2.75, 3.05) is 31.8 Å². The molecule has 0 bridgehead atoms. The van der Waals surface area contributed by atoms with Gasteiger partial charge in [-0.05, 0) is 67.1 Å². The molecule has 0 amide bonds. The number of fused-ring (bicyclic) bond motifs is 1. The first-order valence-corrected chi connectivity index (χ1v) is 13.2. The third kappa shape index (κ3) is 5.36. The zero-order chi connectivity index (χ0) is 27.7. The van der Waals surface area contributed by atoms with Crippen LogP contribution in [-0.4, -0.2) is 53.6 Å². The maximum atomic E-state index is 14.2. The second-order valence-electron chi connectivity index (χ2n) is 10.1. The van der Waals surface area contributed by atoms with Gasteiger partial charge in [0.2, 0.25) is 0 Å². The zero-order valence-electron chi connectivity index (χ0n) is 22.6. The second-order valence-corrected chi connectivity index (χ2v) is 10.1. The molecule has 0 radical (unpaired) electrons. The van der Waals surface area contributed by atoms with E-state index in [2.05, 4.69) is 29.1 Å². The maximum absolute atomic E-state index is 14.2. The summed E-state index contributed by atoms with van der Waals surface area (Å²) >= 11 is 0. The van der Waals surface area contributed by atoms with E-state index in [1.54, 1.807) is 13.0 Å². The highest BCUT2D eigenvalue weighted by atomic mass is 19.1. The summed E-state index contributed by atoms with van der Waals surface area (Å²) in [4.78, 5) is 19.7. The van der Waals surface area contributed by atoms with Gasteiger partial charge in [0.1, 0.15) is 11.6 Å². The van der Waals surface area contributed by atoms with E-state index in [1.165, 1.54) is 16.8 Å². The SMILES string of the molecule is CCOC(=O)c1cc(-c2ccc(N(C)C3CCOCC3)cc2)c2c(C(C)C)nn(-c3cc(F)cc(F)c3)c2n1. The Kier molecular flexibility index (Phi) is 7.61. The van der Waals surface area contributed by atoms with Gasteiger partial charge in [-0.25, -0.2) is 23.2 Å². The van der Waals surface area contributed by atoms with E-state index in [0.717, 1.165) is 48.9 Å². The monoisotopic (exact) mass is 534 g/mol. The second kappa shape index (κ2) is 11.1. The molecule has 1 aliphatic rings. The van der Waals surface area contributed by atoms with E-state index >= 15 is 0 Å². The maximum Gasteiger partial charge on any atom is 0.357 e. The molecule has 7 nitrogen and oxygen atoms in total. The molecule has 2 aromatic carbocycles. The molecular weight excluding hydrogens is 502 g/mol. The van der Waals surface area contributed by atoms with Crippen LogP contribution in [0.1, 0.15) is 55.7 Å². The molecule has 0 spiro atoms. The molecule has 0 saturated carbocycles. The van der Waals surface area contributed by atoms with Crippen LogP contribution in [0.2, 0.25) is 0 Å². The first-order valence-electron chi connectivity index (χ1n) is 13.2. The highest BCUT2D eigenvalue weighted by Gasteiger charge is 2.24. The summed E-state index contributed by atoms with van der Waals surface area (Å²) in [5.41, 5.74) is 3.99. The fourth-order valence-electron chi connectivity index (χ4n) is 5.08. The van der Waals surface area contributed by atoms with Crippen LogP contribution >= 0.6 is 0 Å². The van der Waals surface area contributed by atoms with E-state index in [4.69, 9.17) is 14.6 Å². The van der Waals surface area contributed by atoms with E-state index < -0.39 is 17.6 Å². The smallest absolute Gasteiger partial charge is 0.357 e. The quantitative estimate of drug-likeness (QED) is 0.260. The number of carbonyl (C=O) groups is 1. The van der Waals surface area contributed by atoms with Crippen molar-refractivity contribution in [3.8, 4) is 16.8 Å². The normalized spacial score (nSPS) is 14.2. The molecule has 9 heteroatoms. The van der Waals surface area contributed by atoms with Crippen molar-refractivity contribution in [2.45, 2.75) is 45.6 Å². The minimum absolute atomic E-state index is 0.0277. The highest BCUT2D eigenvalue weighted by molar-refractivity contribution is 6.00. The Morgan fingerprint density at radius 2 is 1.77 bits per heavy atom. The van der Waals surface area contributed by atoms with Crippen molar-refractivity contribution in [2.24, 2.45) is 0 Å². The van der Waals surface area contributed by atoms with E-state index in [0.29, 0.717) is 22.8 Å². The molecule has 204 valence electrons. The Morgan fingerprint density at radius 1 is 1.10 bits per heavy atom. The topological polar surface area (TPSA) is 69.5 Å². The lowest BCUT2D eigenvalue weighted by molar-refractivity contribution is 0.0520. The van der Waals surface area contributed by atoms with Gasteiger partial charge in [0, 0.05) is 38.1 Å². The van der Waals surface area contributed by atoms with Gasteiger partial charge in [-0.2, -0.15) is 5.10 Å². The predicted molar refractivity (Wildman–Crippen MR) is 147 cm³/mol. The number of hydrogen-bond acceptors (Lipinski definition) is 6. The van der Waals surface area contributed by atoms with Crippen LogP contribution in [0.3, 0.4) is 0 Å². The van der Waals surface area contributed by atoms with Crippen molar-refractivity contribution < 1.29 is 23.0 Å². The first kappa shape index (κ1) is 26.7. The minimum atomic E-state index is -0.731. The van der Waals surface area contributed by atoms with E-state index in [-0.39, 0.29) is 23.9 Å². The number of esters is 1. The molecule has 4 aromatic rings. The molecule has 0 N–H and O–H groups in total. The Balaban J connectivity index is 1.69. The molecular formula is C30H32F2N4O3. The van der Waals surface area contributed by atoms with E-state index in [9.17, 15) is 13.6 Å². The van der Waals surface area contributed by atoms with Gasteiger partial charge >= 0.3 is 5.97 Å². The highest BCUT2D eigenvalue weighted by Crippen LogP contribution is 2.36. The summed E-state index contributed by atoms with van der Waals surface area (Å²) in [7, 11) is 2.09. The summed E-state index contributed by atoms with van der Waals surface area (Å²) in [6, 6.07) is 13.5. The number of nitrogens with zero attached hydrogens (tertiary/aromatic N) is 4. The lowest BCUT2D eigenvalue weighted by Gasteiger charge is -2.33. The third-order valence-corrected chi connectivity index (χ3v) is 7.11. The summed E-state index contributed by atoms with van der Waals surface area (Å²) in [5, 5.41) is 5.45. The molecule has 2 aromatic heterocycles. The number of anilines is 1. The Bertz CT molecular complexity index is 1470. The molecule has 0 unspecified atom stereocenters. The minimum Gasteiger partial charge on any atom is -0.461 e. The van der Waals surface area contributed by atoms with Crippen LogP contribution in [0, 0.1) is 11.6 Å². The van der Waals surface area contributed by atoms with Crippen molar-refractivity contribution >= 4 is 22.7 Å². The Hall–Kier alpha value is -3.85. The van der Waals surface area contributed by atoms with Crippen LogP contribution in [0.4, 0.5) is 14.5 Å². The predicted octanol–water partition coefficient (Wildman–Crippen LogP) is 6.28. The number of aromatic nitrogens is 3. The summed E-state index contributed by atoms with van der Waals surface area (Å²) < 4.78 is 40.5. The Morgan fingerprint density at radius 3 is 2.38 bits per heavy atom. The van der Waals surface area contributed by atoms with Crippen LogP contribution in [-0.2, 0) is 9.47 Å². The van der Waals surface area contributed by atoms with Crippen molar-refractivity contribution in [1.29, 1.82) is 0 Å². The van der Waals surface area contributed by atoms with Crippen LogP contribution in [0.15, 0.2) is 48.5 Å². The molecule has 1 aliphatic heterocycles. The number of benzene rings is 2. The number of halogens is 2. The Labute approximate surface area is 226 Å². The largest absolute Gasteiger partial charge is 0.461 e. The van der Waals surface area contributed by atoms with Crippen molar-refractivity contribution in [1.82, 2.24) is 14.8 Å². The first-order chi connectivity index (χ1) is 18.8. The lowest BCUT2D eigenvalue weighted by atomic mass is 9.97. The van der Waals surface area contributed by atoms with Gasteiger partial charge in [0.15, 0.2) is 11.3 Å².